The van der Waals surface area contributed by atoms with Gasteiger partial charge in [0.05, 0.1) is 18.1 Å². The molecule has 140 valence electrons. The van der Waals surface area contributed by atoms with Crippen LogP contribution < -0.4 is 4.74 Å². The van der Waals surface area contributed by atoms with E-state index in [0.717, 1.165) is 10.2 Å². The van der Waals surface area contributed by atoms with Crippen LogP contribution in [0.5, 0.6) is 5.75 Å². The van der Waals surface area contributed by atoms with Crippen molar-refractivity contribution < 1.29 is 22.4 Å². The maximum absolute atomic E-state index is 12.7. The van der Waals surface area contributed by atoms with Crippen LogP contribution in [0, 0.1) is 6.92 Å². The average molecular weight is 442 g/mol. The predicted molar refractivity (Wildman–Crippen MR) is 101 cm³/mol. The molecule has 0 spiro atoms. The maximum atomic E-state index is 12.7. The molecule has 1 aromatic carbocycles. The fourth-order valence-corrected chi connectivity index (χ4v) is 4.93. The van der Waals surface area contributed by atoms with Gasteiger partial charge in [-0.15, -0.1) is 0 Å². The minimum absolute atomic E-state index is 0.0171. The Bertz CT molecular complexity index is 875. The van der Waals surface area contributed by atoms with E-state index in [1.54, 1.807) is 23.1 Å². The van der Waals surface area contributed by atoms with Gasteiger partial charge in [-0.25, -0.2) is 8.42 Å². The van der Waals surface area contributed by atoms with Gasteiger partial charge in [-0.3, -0.25) is 4.79 Å². The first-order valence-electron chi connectivity index (χ1n) is 8.26. The number of hydrogen-bond acceptors (Lipinski definition) is 5. The van der Waals surface area contributed by atoms with Crippen LogP contribution in [0.15, 0.2) is 45.3 Å². The Morgan fingerprint density at radius 1 is 1.27 bits per heavy atom. The zero-order valence-electron chi connectivity index (χ0n) is 14.4. The van der Waals surface area contributed by atoms with Gasteiger partial charge < -0.3 is 14.1 Å². The SMILES string of the molecule is Cc1ccc(CN(C(=O)COc2ccc(Br)cc2)[C@@H]2CCS(=O)(=O)C2)o1. The molecule has 1 aromatic heterocycles. The van der Waals surface area contributed by atoms with E-state index in [1.165, 1.54) is 0 Å². The monoisotopic (exact) mass is 441 g/mol. The van der Waals surface area contributed by atoms with Gasteiger partial charge in [0.1, 0.15) is 17.3 Å². The second-order valence-electron chi connectivity index (χ2n) is 6.33. The lowest BCUT2D eigenvalue weighted by Crippen LogP contribution is -2.43. The zero-order chi connectivity index (χ0) is 18.7. The van der Waals surface area contributed by atoms with Crippen molar-refractivity contribution in [1.29, 1.82) is 0 Å². The number of aryl methyl sites for hydroxylation is 1. The van der Waals surface area contributed by atoms with Gasteiger partial charge in [-0.1, -0.05) is 15.9 Å². The molecule has 0 unspecified atom stereocenters. The summed E-state index contributed by atoms with van der Waals surface area (Å²) in [5.41, 5.74) is 0. The summed E-state index contributed by atoms with van der Waals surface area (Å²) < 4.78 is 35.7. The number of rotatable bonds is 6. The highest BCUT2D eigenvalue weighted by atomic mass is 79.9. The quantitative estimate of drug-likeness (QED) is 0.688. The fourth-order valence-electron chi connectivity index (χ4n) is 2.94. The Kier molecular flexibility index (Phi) is 5.72. The van der Waals surface area contributed by atoms with E-state index in [9.17, 15) is 13.2 Å². The molecule has 0 saturated carbocycles. The van der Waals surface area contributed by atoms with E-state index in [2.05, 4.69) is 15.9 Å². The second kappa shape index (κ2) is 7.84. The maximum Gasteiger partial charge on any atom is 0.261 e. The van der Waals surface area contributed by atoms with Crippen LogP contribution in [0.3, 0.4) is 0 Å². The molecule has 1 atom stereocenters. The molecule has 1 aliphatic heterocycles. The van der Waals surface area contributed by atoms with E-state index in [4.69, 9.17) is 9.15 Å². The Balaban J connectivity index is 1.71. The number of amides is 1. The Morgan fingerprint density at radius 2 is 2.00 bits per heavy atom. The summed E-state index contributed by atoms with van der Waals surface area (Å²) in [4.78, 5) is 14.3. The van der Waals surface area contributed by atoms with Crippen LogP contribution in [0.25, 0.3) is 0 Å². The van der Waals surface area contributed by atoms with E-state index >= 15 is 0 Å². The summed E-state index contributed by atoms with van der Waals surface area (Å²) in [6, 6.07) is 10.4. The van der Waals surface area contributed by atoms with Gasteiger partial charge in [-0.2, -0.15) is 0 Å². The first-order valence-corrected chi connectivity index (χ1v) is 10.9. The van der Waals surface area contributed by atoms with Gasteiger partial charge in [-0.05, 0) is 49.7 Å². The molecule has 2 heterocycles. The number of ether oxygens (including phenoxy) is 1. The first kappa shape index (κ1) is 19.0. The van der Waals surface area contributed by atoms with Crippen molar-refractivity contribution in [2.24, 2.45) is 0 Å². The standard InChI is InChI=1S/C18H20BrNO5S/c1-13-2-5-17(25-13)10-20(15-8-9-26(22,23)12-15)18(21)11-24-16-6-3-14(19)4-7-16/h2-7,15H,8-12H2,1H3/t15-/m1/s1. The van der Waals surface area contributed by atoms with Gasteiger partial charge in [0.2, 0.25) is 0 Å². The average Bonchev–Trinajstić information content (AvgIpc) is 3.16. The third-order valence-electron chi connectivity index (χ3n) is 4.27. The summed E-state index contributed by atoms with van der Waals surface area (Å²) in [5, 5.41) is 0. The number of sulfone groups is 1. The van der Waals surface area contributed by atoms with Crippen molar-refractivity contribution >= 4 is 31.7 Å². The highest BCUT2D eigenvalue weighted by molar-refractivity contribution is 9.10. The largest absolute Gasteiger partial charge is 0.484 e. The van der Waals surface area contributed by atoms with Crippen LogP contribution in [0.4, 0.5) is 0 Å². The summed E-state index contributed by atoms with van der Waals surface area (Å²) in [5.74, 6) is 1.78. The number of carbonyl (C=O) groups is 1. The number of carbonyl (C=O) groups excluding carboxylic acids is 1. The first-order chi connectivity index (χ1) is 12.3. The molecule has 26 heavy (non-hydrogen) atoms. The number of hydrogen-bond donors (Lipinski definition) is 0. The third kappa shape index (κ3) is 4.88. The van der Waals surface area contributed by atoms with Crippen LogP contribution in [-0.4, -0.2) is 43.4 Å². The topological polar surface area (TPSA) is 76.8 Å². The van der Waals surface area contributed by atoms with Crippen molar-refractivity contribution in [3.8, 4) is 5.75 Å². The molecule has 1 saturated heterocycles. The summed E-state index contributed by atoms with van der Waals surface area (Å²) >= 11 is 3.35. The van der Waals surface area contributed by atoms with Crippen molar-refractivity contribution in [3.63, 3.8) is 0 Å². The fraction of sp³-hybridized carbons (Fsp3) is 0.389. The molecule has 8 heteroatoms. The minimum Gasteiger partial charge on any atom is -0.484 e. The highest BCUT2D eigenvalue weighted by Gasteiger charge is 2.35. The van der Waals surface area contributed by atoms with E-state index < -0.39 is 9.84 Å². The van der Waals surface area contributed by atoms with E-state index in [0.29, 0.717) is 17.9 Å². The molecule has 2 aromatic rings. The number of nitrogens with zero attached hydrogens (tertiary/aromatic N) is 1. The summed E-state index contributed by atoms with van der Waals surface area (Å²) in [6.45, 7) is 1.90. The Morgan fingerprint density at radius 3 is 2.58 bits per heavy atom. The van der Waals surface area contributed by atoms with E-state index in [-0.39, 0.29) is 36.6 Å². The molecule has 1 amide bonds. The second-order valence-corrected chi connectivity index (χ2v) is 9.48. The van der Waals surface area contributed by atoms with Gasteiger partial charge in [0.25, 0.3) is 5.91 Å². The van der Waals surface area contributed by atoms with Crippen LogP contribution in [-0.2, 0) is 21.2 Å². The molecule has 1 aliphatic rings. The lowest BCUT2D eigenvalue weighted by Gasteiger charge is -2.27. The molecule has 1 fully saturated rings. The molecule has 0 bridgehead atoms. The number of benzene rings is 1. The highest BCUT2D eigenvalue weighted by Crippen LogP contribution is 2.22. The van der Waals surface area contributed by atoms with Crippen LogP contribution in [0.2, 0.25) is 0 Å². The summed E-state index contributed by atoms with van der Waals surface area (Å²) in [7, 11) is -3.10. The van der Waals surface area contributed by atoms with Crippen molar-refractivity contribution in [3.05, 3.63) is 52.4 Å². The molecule has 6 nitrogen and oxygen atoms in total. The lowest BCUT2D eigenvalue weighted by atomic mass is 10.2. The van der Waals surface area contributed by atoms with Gasteiger partial charge >= 0.3 is 0 Å². The smallest absolute Gasteiger partial charge is 0.261 e. The van der Waals surface area contributed by atoms with E-state index in [1.807, 2.05) is 25.1 Å². The molecular weight excluding hydrogens is 422 g/mol. The molecule has 3 rings (SSSR count). The van der Waals surface area contributed by atoms with Crippen molar-refractivity contribution in [2.75, 3.05) is 18.1 Å². The normalized spacial score (nSPS) is 18.6. The Hall–Kier alpha value is -1.80. The number of furan rings is 1. The van der Waals surface area contributed by atoms with Gasteiger partial charge in [0, 0.05) is 10.5 Å². The number of halogens is 1. The summed E-state index contributed by atoms with van der Waals surface area (Å²) in [6.07, 6.45) is 0.437. The van der Waals surface area contributed by atoms with Crippen LogP contribution >= 0.6 is 15.9 Å². The van der Waals surface area contributed by atoms with Crippen LogP contribution in [0.1, 0.15) is 17.9 Å². The predicted octanol–water partition coefficient (Wildman–Crippen LogP) is 2.95. The molecule has 0 aliphatic carbocycles. The zero-order valence-corrected chi connectivity index (χ0v) is 16.8. The molecular formula is C18H20BrNO5S. The molecule has 0 N–H and O–H groups in total. The van der Waals surface area contributed by atoms with Gasteiger partial charge in [0.15, 0.2) is 16.4 Å². The van der Waals surface area contributed by atoms with Crippen molar-refractivity contribution in [2.45, 2.75) is 25.9 Å². The van der Waals surface area contributed by atoms with Crippen molar-refractivity contribution in [1.82, 2.24) is 4.90 Å². The lowest BCUT2D eigenvalue weighted by molar-refractivity contribution is -0.136. The molecule has 0 radical (unpaired) electrons. The Labute approximate surface area is 161 Å². The third-order valence-corrected chi connectivity index (χ3v) is 6.55. The minimum atomic E-state index is -3.10.